The van der Waals surface area contributed by atoms with Crippen molar-refractivity contribution in [2.75, 3.05) is 17.1 Å². The molecule has 7 heteroatoms. The molecule has 0 saturated heterocycles. The lowest BCUT2D eigenvalue weighted by molar-refractivity contribution is 0.402. The van der Waals surface area contributed by atoms with Gasteiger partial charge in [0.15, 0.2) is 0 Å². The van der Waals surface area contributed by atoms with Crippen molar-refractivity contribution < 1.29 is 17.5 Å². The molecule has 0 saturated carbocycles. The van der Waals surface area contributed by atoms with Gasteiger partial charge in [0.05, 0.1) is 7.11 Å². The zero-order valence-electron chi connectivity index (χ0n) is 14.9. The molecule has 0 radical (unpaired) electrons. The molecule has 27 heavy (non-hydrogen) atoms. The lowest BCUT2D eigenvalue weighted by Gasteiger charge is -2.13. The molecule has 5 nitrogen and oxygen atoms in total. The quantitative estimate of drug-likeness (QED) is 0.645. The smallest absolute Gasteiger partial charge is 0.265 e. The summed E-state index contributed by atoms with van der Waals surface area (Å²) in [6.45, 7) is 1.81. The zero-order chi connectivity index (χ0) is 19.4. The number of hydrogen-bond donors (Lipinski definition) is 2. The second-order valence-corrected chi connectivity index (χ2v) is 7.62. The lowest BCUT2D eigenvalue weighted by Crippen LogP contribution is -2.14. The molecule has 2 N–H and O–H groups in total. The Hall–Kier alpha value is -3.06. The van der Waals surface area contributed by atoms with Crippen molar-refractivity contribution in [3.05, 3.63) is 78.1 Å². The summed E-state index contributed by atoms with van der Waals surface area (Å²) < 4.78 is 46.1. The standard InChI is InChI=1S/C20H19FN2O3S/c1-14-3-12-19(26-2)20(13-14)27(24,25)23-18-10-8-17(9-11-18)22-16-6-4-15(21)5-7-16/h3-13,22-23H,1-2H3. The van der Waals surface area contributed by atoms with Crippen molar-refractivity contribution in [1.82, 2.24) is 0 Å². The molecule has 0 amide bonds. The van der Waals surface area contributed by atoms with E-state index in [1.807, 2.05) is 6.92 Å². The first-order valence-electron chi connectivity index (χ1n) is 8.17. The molecule has 0 heterocycles. The van der Waals surface area contributed by atoms with Gasteiger partial charge in [0.2, 0.25) is 0 Å². The SMILES string of the molecule is COc1ccc(C)cc1S(=O)(=O)Nc1ccc(Nc2ccc(F)cc2)cc1. The van der Waals surface area contributed by atoms with Gasteiger partial charge in [-0.05, 0) is 73.2 Å². The van der Waals surface area contributed by atoms with E-state index in [4.69, 9.17) is 4.74 Å². The number of ether oxygens (including phenoxy) is 1. The maximum Gasteiger partial charge on any atom is 0.265 e. The molecule has 0 aliphatic heterocycles. The van der Waals surface area contributed by atoms with E-state index in [1.54, 1.807) is 54.6 Å². The number of anilines is 3. The van der Waals surface area contributed by atoms with E-state index in [9.17, 15) is 12.8 Å². The third-order valence-electron chi connectivity index (χ3n) is 3.88. The monoisotopic (exact) mass is 386 g/mol. The fraction of sp³-hybridized carbons (Fsp3) is 0.100. The Morgan fingerprint density at radius 3 is 2.00 bits per heavy atom. The van der Waals surface area contributed by atoms with Gasteiger partial charge in [-0.1, -0.05) is 6.07 Å². The summed E-state index contributed by atoms with van der Waals surface area (Å²) in [4.78, 5) is 0.0820. The largest absolute Gasteiger partial charge is 0.495 e. The van der Waals surface area contributed by atoms with Gasteiger partial charge in [0.1, 0.15) is 16.5 Å². The average molecular weight is 386 g/mol. The minimum Gasteiger partial charge on any atom is -0.495 e. The third kappa shape index (κ3) is 4.57. The van der Waals surface area contributed by atoms with Gasteiger partial charge in [-0.3, -0.25) is 4.72 Å². The topological polar surface area (TPSA) is 67.4 Å². The highest BCUT2D eigenvalue weighted by Gasteiger charge is 2.19. The van der Waals surface area contributed by atoms with E-state index in [0.29, 0.717) is 5.69 Å². The molecule has 0 fully saturated rings. The summed E-state index contributed by atoms with van der Waals surface area (Å²) in [7, 11) is -2.36. The van der Waals surface area contributed by atoms with Crippen molar-refractivity contribution in [2.45, 2.75) is 11.8 Å². The third-order valence-corrected chi connectivity index (χ3v) is 5.28. The Morgan fingerprint density at radius 2 is 1.41 bits per heavy atom. The van der Waals surface area contributed by atoms with E-state index in [0.717, 1.165) is 16.9 Å². The Balaban J connectivity index is 1.77. The van der Waals surface area contributed by atoms with Crippen LogP contribution < -0.4 is 14.8 Å². The maximum atomic E-state index is 13.0. The van der Waals surface area contributed by atoms with Crippen molar-refractivity contribution in [3.63, 3.8) is 0 Å². The Labute approximate surface area is 157 Å². The van der Waals surface area contributed by atoms with Crippen LogP contribution in [0.1, 0.15) is 5.56 Å². The van der Waals surface area contributed by atoms with Crippen LogP contribution >= 0.6 is 0 Å². The van der Waals surface area contributed by atoms with Gasteiger partial charge in [-0.25, -0.2) is 12.8 Å². The first kappa shape index (κ1) is 18.7. The number of rotatable bonds is 6. The number of nitrogens with one attached hydrogen (secondary N) is 2. The number of hydrogen-bond acceptors (Lipinski definition) is 4. The van der Waals surface area contributed by atoms with Gasteiger partial charge in [0.25, 0.3) is 10.0 Å². The minimum absolute atomic E-state index is 0.0820. The van der Waals surface area contributed by atoms with Crippen LogP contribution in [0.3, 0.4) is 0 Å². The van der Waals surface area contributed by atoms with Crippen LogP contribution in [0.5, 0.6) is 5.75 Å². The van der Waals surface area contributed by atoms with Gasteiger partial charge >= 0.3 is 0 Å². The molecular weight excluding hydrogens is 367 g/mol. The molecule has 0 atom stereocenters. The summed E-state index contributed by atoms with van der Waals surface area (Å²) in [6, 6.07) is 17.7. The lowest BCUT2D eigenvalue weighted by atomic mass is 10.2. The molecule has 0 unspecified atom stereocenters. The second-order valence-electron chi connectivity index (χ2n) is 5.97. The molecule has 0 aliphatic carbocycles. The first-order chi connectivity index (χ1) is 12.9. The molecule has 0 aliphatic rings. The molecule has 0 aromatic heterocycles. The van der Waals surface area contributed by atoms with Crippen LogP contribution in [0.4, 0.5) is 21.5 Å². The Bertz CT molecular complexity index is 1030. The maximum absolute atomic E-state index is 13.0. The fourth-order valence-corrected chi connectivity index (χ4v) is 3.84. The van der Waals surface area contributed by atoms with Crippen LogP contribution in [-0.4, -0.2) is 15.5 Å². The van der Waals surface area contributed by atoms with Gasteiger partial charge < -0.3 is 10.1 Å². The van der Waals surface area contributed by atoms with E-state index in [-0.39, 0.29) is 16.5 Å². The van der Waals surface area contributed by atoms with Crippen LogP contribution in [0.15, 0.2) is 71.6 Å². The molecule has 3 rings (SSSR count). The minimum atomic E-state index is -3.79. The van der Waals surface area contributed by atoms with Gasteiger partial charge in [-0.15, -0.1) is 0 Å². The molecule has 140 valence electrons. The van der Waals surface area contributed by atoms with E-state index in [2.05, 4.69) is 10.0 Å². The molecular formula is C20H19FN2O3S. The number of halogens is 1. The summed E-state index contributed by atoms with van der Waals surface area (Å²) in [6.07, 6.45) is 0. The van der Waals surface area contributed by atoms with E-state index >= 15 is 0 Å². The zero-order valence-corrected chi connectivity index (χ0v) is 15.7. The van der Waals surface area contributed by atoms with E-state index in [1.165, 1.54) is 19.2 Å². The van der Waals surface area contributed by atoms with Crippen LogP contribution in [-0.2, 0) is 10.0 Å². The highest BCUT2D eigenvalue weighted by Crippen LogP contribution is 2.27. The van der Waals surface area contributed by atoms with Crippen molar-refractivity contribution in [3.8, 4) is 5.75 Å². The van der Waals surface area contributed by atoms with E-state index < -0.39 is 10.0 Å². The molecule has 0 bridgehead atoms. The summed E-state index contributed by atoms with van der Waals surface area (Å²) in [5.74, 6) is -0.0282. The van der Waals surface area contributed by atoms with Crippen molar-refractivity contribution in [2.24, 2.45) is 0 Å². The normalized spacial score (nSPS) is 11.1. The first-order valence-corrected chi connectivity index (χ1v) is 9.66. The predicted octanol–water partition coefficient (Wildman–Crippen LogP) is 4.69. The van der Waals surface area contributed by atoms with Crippen LogP contribution in [0.2, 0.25) is 0 Å². The number of benzene rings is 3. The molecule has 3 aromatic carbocycles. The summed E-state index contributed by atoms with van der Waals surface area (Å²) >= 11 is 0. The predicted molar refractivity (Wildman–Crippen MR) is 105 cm³/mol. The molecule has 3 aromatic rings. The average Bonchev–Trinajstić information content (AvgIpc) is 2.65. The number of aryl methyl sites for hydroxylation is 1. The van der Waals surface area contributed by atoms with Crippen LogP contribution in [0, 0.1) is 12.7 Å². The molecule has 0 spiro atoms. The fourth-order valence-electron chi connectivity index (χ4n) is 2.53. The summed E-state index contributed by atoms with van der Waals surface area (Å²) in [5, 5.41) is 3.11. The van der Waals surface area contributed by atoms with Gasteiger partial charge in [-0.2, -0.15) is 0 Å². The Kier molecular flexibility index (Phi) is 5.32. The van der Waals surface area contributed by atoms with Crippen molar-refractivity contribution >= 4 is 27.1 Å². The highest BCUT2D eigenvalue weighted by atomic mass is 32.2. The van der Waals surface area contributed by atoms with Crippen LogP contribution in [0.25, 0.3) is 0 Å². The Morgan fingerprint density at radius 1 is 0.852 bits per heavy atom. The number of sulfonamides is 1. The summed E-state index contributed by atoms with van der Waals surface area (Å²) in [5.41, 5.74) is 2.71. The number of methoxy groups -OCH3 is 1. The highest BCUT2D eigenvalue weighted by molar-refractivity contribution is 7.92. The second kappa shape index (κ2) is 7.67. The van der Waals surface area contributed by atoms with Gasteiger partial charge in [0, 0.05) is 17.1 Å². The van der Waals surface area contributed by atoms with Crippen molar-refractivity contribution in [1.29, 1.82) is 0 Å².